The van der Waals surface area contributed by atoms with Crippen LogP contribution in [-0.4, -0.2) is 38.3 Å². The van der Waals surface area contributed by atoms with Crippen molar-refractivity contribution in [3.05, 3.63) is 52.5 Å². The number of carbonyl (C=O) groups excluding carboxylic acids is 1. The molecule has 0 bridgehead atoms. The molecule has 1 aliphatic rings. The topological polar surface area (TPSA) is 75.7 Å². The van der Waals surface area contributed by atoms with Crippen molar-refractivity contribution in [3.63, 3.8) is 0 Å². The standard InChI is InChI=1S/C21H25ClN2O4S/c1-15-6-7-16(2)19(12-15)23-21(25)14-28-20-9-8-17(13-18(20)22)29(26,27)24-10-4-3-5-11-24/h6-9,12-13H,3-5,10-11,14H2,1-2H3,(H,23,25). The molecule has 1 fully saturated rings. The van der Waals surface area contributed by atoms with Crippen LogP contribution in [0.2, 0.25) is 5.02 Å². The van der Waals surface area contributed by atoms with Crippen molar-refractivity contribution < 1.29 is 17.9 Å². The molecule has 2 aromatic rings. The minimum Gasteiger partial charge on any atom is -0.482 e. The fraction of sp³-hybridized carbons (Fsp3) is 0.381. The Morgan fingerprint density at radius 3 is 2.52 bits per heavy atom. The van der Waals surface area contributed by atoms with Crippen molar-refractivity contribution in [2.45, 2.75) is 38.0 Å². The quantitative estimate of drug-likeness (QED) is 0.738. The van der Waals surface area contributed by atoms with E-state index in [1.807, 2.05) is 32.0 Å². The van der Waals surface area contributed by atoms with E-state index < -0.39 is 10.0 Å². The summed E-state index contributed by atoms with van der Waals surface area (Å²) in [5, 5.41) is 2.97. The molecule has 1 aliphatic heterocycles. The van der Waals surface area contributed by atoms with Crippen LogP contribution in [-0.2, 0) is 14.8 Å². The Balaban J connectivity index is 1.64. The molecule has 1 N–H and O–H groups in total. The number of amides is 1. The lowest BCUT2D eigenvalue weighted by Gasteiger charge is -2.26. The fourth-order valence-corrected chi connectivity index (χ4v) is 5.06. The van der Waals surface area contributed by atoms with Crippen LogP contribution in [0.3, 0.4) is 0 Å². The monoisotopic (exact) mass is 436 g/mol. The predicted octanol–water partition coefficient (Wildman–Crippen LogP) is 4.15. The molecule has 0 saturated carbocycles. The average molecular weight is 437 g/mol. The van der Waals surface area contributed by atoms with Gasteiger partial charge in [0.1, 0.15) is 5.75 Å². The molecular weight excluding hydrogens is 412 g/mol. The number of anilines is 1. The van der Waals surface area contributed by atoms with Gasteiger partial charge in [0.2, 0.25) is 10.0 Å². The minimum atomic E-state index is -3.57. The number of ether oxygens (including phenoxy) is 1. The summed E-state index contributed by atoms with van der Waals surface area (Å²) in [7, 11) is -3.57. The Labute approximate surface area is 176 Å². The van der Waals surface area contributed by atoms with Crippen LogP contribution < -0.4 is 10.1 Å². The third kappa shape index (κ3) is 5.29. The molecule has 3 rings (SSSR count). The maximum atomic E-state index is 12.7. The number of carbonyl (C=O) groups is 1. The molecule has 0 radical (unpaired) electrons. The van der Waals surface area contributed by atoms with E-state index in [4.69, 9.17) is 16.3 Å². The van der Waals surface area contributed by atoms with Gasteiger partial charge in [0, 0.05) is 18.8 Å². The number of hydrogen-bond donors (Lipinski definition) is 1. The van der Waals surface area contributed by atoms with E-state index in [0.717, 1.165) is 36.1 Å². The molecule has 1 heterocycles. The first-order valence-electron chi connectivity index (χ1n) is 9.57. The second-order valence-electron chi connectivity index (χ2n) is 7.21. The van der Waals surface area contributed by atoms with E-state index in [1.54, 1.807) is 0 Å². The highest BCUT2D eigenvalue weighted by Gasteiger charge is 2.26. The Hall–Kier alpha value is -2.09. The number of sulfonamides is 1. The zero-order valence-electron chi connectivity index (χ0n) is 16.6. The SMILES string of the molecule is Cc1ccc(C)c(NC(=O)COc2ccc(S(=O)(=O)N3CCCCC3)cc2Cl)c1. The molecule has 6 nitrogen and oxygen atoms in total. The number of rotatable bonds is 6. The number of nitrogens with zero attached hydrogens (tertiary/aromatic N) is 1. The lowest BCUT2D eigenvalue weighted by molar-refractivity contribution is -0.118. The van der Waals surface area contributed by atoms with Gasteiger partial charge in [-0.3, -0.25) is 4.79 Å². The van der Waals surface area contributed by atoms with Crippen molar-refractivity contribution >= 4 is 33.2 Å². The number of benzene rings is 2. The Morgan fingerprint density at radius 1 is 1.10 bits per heavy atom. The number of hydrogen-bond acceptors (Lipinski definition) is 4. The zero-order chi connectivity index (χ0) is 21.0. The Morgan fingerprint density at radius 2 is 1.83 bits per heavy atom. The molecule has 0 unspecified atom stereocenters. The number of aryl methyl sites for hydroxylation is 2. The van der Waals surface area contributed by atoms with Gasteiger partial charge in [0.05, 0.1) is 9.92 Å². The van der Waals surface area contributed by atoms with Crippen LogP contribution in [0, 0.1) is 13.8 Å². The summed E-state index contributed by atoms with van der Waals surface area (Å²) in [5.41, 5.74) is 2.72. The maximum Gasteiger partial charge on any atom is 0.262 e. The molecule has 0 spiro atoms. The third-order valence-corrected chi connectivity index (χ3v) is 7.07. The van der Waals surface area contributed by atoms with E-state index in [9.17, 15) is 13.2 Å². The van der Waals surface area contributed by atoms with Crippen molar-refractivity contribution in [3.8, 4) is 5.75 Å². The van der Waals surface area contributed by atoms with Gasteiger partial charge in [-0.1, -0.05) is 30.2 Å². The van der Waals surface area contributed by atoms with Crippen LogP contribution in [0.15, 0.2) is 41.3 Å². The molecule has 1 amide bonds. The normalized spacial score (nSPS) is 15.1. The number of piperidine rings is 1. The minimum absolute atomic E-state index is 0.136. The molecule has 0 atom stereocenters. The van der Waals surface area contributed by atoms with Gasteiger partial charge in [0.25, 0.3) is 5.91 Å². The molecular formula is C21H25ClN2O4S. The highest BCUT2D eigenvalue weighted by Crippen LogP contribution is 2.29. The van der Waals surface area contributed by atoms with Gasteiger partial charge in [-0.2, -0.15) is 4.31 Å². The number of halogens is 1. The molecule has 156 valence electrons. The van der Waals surface area contributed by atoms with Gasteiger partial charge in [-0.25, -0.2) is 8.42 Å². The second kappa shape index (κ2) is 9.15. The van der Waals surface area contributed by atoms with Crippen molar-refractivity contribution in [1.82, 2.24) is 4.31 Å². The lowest BCUT2D eigenvalue weighted by Crippen LogP contribution is -2.35. The Bertz CT molecular complexity index is 1000. The van der Waals surface area contributed by atoms with Crippen molar-refractivity contribution in [1.29, 1.82) is 0 Å². The summed E-state index contributed by atoms with van der Waals surface area (Å²) in [6.07, 6.45) is 2.77. The summed E-state index contributed by atoms with van der Waals surface area (Å²) in [5.74, 6) is -0.0554. The van der Waals surface area contributed by atoms with Crippen molar-refractivity contribution in [2.75, 3.05) is 25.0 Å². The van der Waals surface area contributed by atoms with E-state index in [1.165, 1.54) is 22.5 Å². The summed E-state index contributed by atoms with van der Waals surface area (Å²) >= 11 is 6.22. The van der Waals surface area contributed by atoms with Crippen molar-refractivity contribution in [2.24, 2.45) is 0 Å². The molecule has 1 saturated heterocycles. The maximum absolute atomic E-state index is 12.7. The zero-order valence-corrected chi connectivity index (χ0v) is 18.1. The molecule has 0 aliphatic carbocycles. The molecule has 29 heavy (non-hydrogen) atoms. The molecule has 0 aromatic heterocycles. The van der Waals surface area contributed by atoms with Crippen LogP contribution in [0.4, 0.5) is 5.69 Å². The van der Waals surface area contributed by atoms with Gasteiger partial charge in [-0.05, 0) is 62.1 Å². The van der Waals surface area contributed by atoms with Crippen LogP contribution in [0.5, 0.6) is 5.75 Å². The first kappa shape index (κ1) is 21.6. The predicted molar refractivity (Wildman–Crippen MR) is 114 cm³/mol. The van der Waals surface area contributed by atoms with Gasteiger partial charge in [0.15, 0.2) is 6.61 Å². The average Bonchev–Trinajstić information content (AvgIpc) is 2.70. The summed E-state index contributed by atoms with van der Waals surface area (Å²) in [6, 6.07) is 10.1. The first-order valence-corrected chi connectivity index (χ1v) is 11.4. The van der Waals surface area contributed by atoms with E-state index in [-0.39, 0.29) is 28.2 Å². The van der Waals surface area contributed by atoms with Crippen LogP contribution in [0.25, 0.3) is 0 Å². The fourth-order valence-electron chi connectivity index (χ4n) is 3.21. The third-order valence-electron chi connectivity index (χ3n) is 4.88. The van der Waals surface area contributed by atoms with Gasteiger partial charge < -0.3 is 10.1 Å². The molecule has 2 aromatic carbocycles. The Kier molecular flexibility index (Phi) is 6.82. The summed E-state index contributed by atoms with van der Waals surface area (Å²) in [6.45, 7) is 4.68. The van der Waals surface area contributed by atoms with E-state index >= 15 is 0 Å². The van der Waals surface area contributed by atoms with E-state index in [2.05, 4.69) is 5.32 Å². The highest BCUT2D eigenvalue weighted by atomic mass is 35.5. The molecule has 8 heteroatoms. The largest absolute Gasteiger partial charge is 0.482 e. The van der Waals surface area contributed by atoms with Crippen LogP contribution >= 0.6 is 11.6 Å². The highest BCUT2D eigenvalue weighted by molar-refractivity contribution is 7.89. The smallest absolute Gasteiger partial charge is 0.262 e. The number of nitrogens with one attached hydrogen (secondary N) is 1. The first-order chi connectivity index (χ1) is 13.8. The summed E-state index contributed by atoms with van der Waals surface area (Å²) < 4.78 is 32.5. The lowest BCUT2D eigenvalue weighted by atomic mass is 10.1. The van der Waals surface area contributed by atoms with Gasteiger partial charge >= 0.3 is 0 Å². The second-order valence-corrected chi connectivity index (χ2v) is 9.56. The van der Waals surface area contributed by atoms with Crippen LogP contribution in [0.1, 0.15) is 30.4 Å². The summed E-state index contributed by atoms with van der Waals surface area (Å²) in [4.78, 5) is 12.3. The van der Waals surface area contributed by atoms with Gasteiger partial charge in [-0.15, -0.1) is 0 Å². The van der Waals surface area contributed by atoms with E-state index in [0.29, 0.717) is 13.1 Å².